The molecular weight excluding hydrogens is 422 g/mol. The first-order chi connectivity index (χ1) is 15.9. The summed E-state index contributed by atoms with van der Waals surface area (Å²) in [5, 5.41) is 16.4. The number of pyridine rings is 1. The molecule has 1 heterocycles. The number of benzene rings is 1. The van der Waals surface area contributed by atoms with E-state index in [1.54, 1.807) is 36.7 Å². The molecule has 0 aliphatic heterocycles. The van der Waals surface area contributed by atoms with Crippen molar-refractivity contribution < 1.29 is 19.1 Å². The van der Waals surface area contributed by atoms with Crippen molar-refractivity contribution >= 4 is 23.6 Å². The Hall–Kier alpha value is -3.93. The lowest BCUT2D eigenvalue weighted by Gasteiger charge is -2.19. The highest BCUT2D eigenvalue weighted by atomic mass is 16.5. The molecule has 0 unspecified atom stereocenters. The second kappa shape index (κ2) is 13.5. The predicted molar refractivity (Wildman–Crippen MR) is 123 cm³/mol. The third-order valence-corrected chi connectivity index (χ3v) is 4.66. The molecule has 0 radical (unpaired) electrons. The molecule has 0 aliphatic carbocycles. The van der Waals surface area contributed by atoms with Gasteiger partial charge in [-0.2, -0.15) is 5.26 Å². The predicted octanol–water partition coefficient (Wildman–Crippen LogP) is 3.05. The molecule has 0 spiro atoms. The lowest BCUT2D eigenvalue weighted by atomic mass is 10.0. The van der Waals surface area contributed by atoms with E-state index < -0.39 is 23.9 Å². The number of rotatable bonds is 11. The maximum absolute atomic E-state index is 12.6. The normalized spacial score (nSPS) is 11.2. The SMILES string of the molecule is CC(C)C[C@H](NC(=O)c1ccc(NC(=O)OCCCc2ccncc2)cc1)C(=O)NCC#N. The van der Waals surface area contributed by atoms with Crippen LogP contribution in [0.3, 0.4) is 0 Å². The van der Waals surface area contributed by atoms with E-state index in [0.29, 0.717) is 24.1 Å². The number of aryl methyl sites for hydroxylation is 1. The van der Waals surface area contributed by atoms with Crippen LogP contribution in [0.15, 0.2) is 48.8 Å². The van der Waals surface area contributed by atoms with E-state index in [0.717, 1.165) is 12.0 Å². The van der Waals surface area contributed by atoms with Crippen LogP contribution in [-0.2, 0) is 16.0 Å². The zero-order chi connectivity index (χ0) is 24.1. The van der Waals surface area contributed by atoms with Gasteiger partial charge >= 0.3 is 6.09 Å². The number of carbonyl (C=O) groups excluding carboxylic acids is 3. The van der Waals surface area contributed by atoms with Gasteiger partial charge in [0.15, 0.2) is 0 Å². The molecule has 0 aliphatic rings. The van der Waals surface area contributed by atoms with Crippen LogP contribution in [0.1, 0.15) is 42.6 Å². The Morgan fingerprint density at radius 3 is 2.42 bits per heavy atom. The number of nitrogens with zero attached hydrogens (tertiary/aromatic N) is 2. The molecule has 3 amide bonds. The fraction of sp³-hybridized carbons (Fsp3) is 0.375. The number of carbonyl (C=O) groups is 3. The smallest absolute Gasteiger partial charge is 0.411 e. The molecule has 0 saturated carbocycles. The summed E-state index contributed by atoms with van der Waals surface area (Å²) >= 11 is 0. The van der Waals surface area contributed by atoms with Crippen molar-refractivity contribution in [1.82, 2.24) is 15.6 Å². The fourth-order valence-electron chi connectivity index (χ4n) is 3.04. The standard InChI is InChI=1S/C24H29N5O4/c1-17(2)16-21(23(31)27-14-11-25)29-22(30)19-5-7-20(8-6-19)28-24(32)33-15-3-4-18-9-12-26-13-10-18/h5-10,12-13,17,21H,3-4,14-16H2,1-2H3,(H,27,31)(H,28,32)(H,29,30)/t21-/m0/s1. The van der Waals surface area contributed by atoms with Gasteiger partial charge in [0.05, 0.1) is 12.7 Å². The minimum Gasteiger partial charge on any atom is -0.449 e. The van der Waals surface area contributed by atoms with E-state index in [1.807, 2.05) is 32.0 Å². The van der Waals surface area contributed by atoms with E-state index in [4.69, 9.17) is 10.00 Å². The molecular formula is C24H29N5O4. The Labute approximate surface area is 193 Å². The topological polar surface area (TPSA) is 133 Å². The minimum atomic E-state index is -0.745. The van der Waals surface area contributed by atoms with E-state index in [1.165, 1.54) is 0 Å². The van der Waals surface area contributed by atoms with Gasteiger partial charge in [-0.05, 0) is 67.1 Å². The Bertz CT molecular complexity index is 955. The number of hydrogen-bond donors (Lipinski definition) is 3. The number of hydrogen-bond acceptors (Lipinski definition) is 6. The zero-order valence-electron chi connectivity index (χ0n) is 18.8. The fourth-order valence-corrected chi connectivity index (χ4v) is 3.04. The molecule has 9 nitrogen and oxygen atoms in total. The maximum atomic E-state index is 12.6. The van der Waals surface area contributed by atoms with Crippen LogP contribution in [0, 0.1) is 17.2 Å². The van der Waals surface area contributed by atoms with Gasteiger partial charge < -0.3 is 15.4 Å². The van der Waals surface area contributed by atoms with Crippen LogP contribution in [0.2, 0.25) is 0 Å². The number of nitriles is 1. The zero-order valence-corrected chi connectivity index (χ0v) is 18.8. The molecule has 1 aromatic carbocycles. The number of amides is 3. The maximum Gasteiger partial charge on any atom is 0.411 e. The van der Waals surface area contributed by atoms with E-state index in [2.05, 4.69) is 20.9 Å². The molecule has 0 fully saturated rings. The van der Waals surface area contributed by atoms with Gasteiger partial charge in [0.25, 0.3) is 5.91 Å². The van der Waals surface area contributed by atoms with Gasteiger partial charge in [-0.15, -0.1) is 0 Å². The monoisotopic (exact) mass is 451 g/mol. The van der Waals surface area contributed by atoms with Crippen LogP contribution in [-0.4, -0.2) is 42.1 Å². The van der Waals surface area contributed by atoms with Crippen LogP contribution < -0.4 is 16.0 Å². The Morgan fingerprint density at radius 1 is 1.09 bits per heavy atom. The van der Waals surface area contributed by atoms with Crippen molar-refractivity contribution in [1.29, 1.82) is 5.26 Å². The van der Waals surface area contributed by atoms with Crippen LogP contribution >= 0.6 is 0 Å². The minimum absolute atomic E-state index is 0.122. The summed E-state index contributed by atoms with van der Waals surface area (Å²) in [5.74, 6) is -0.646. The second-order valence-corrected chi connectivity index (χ2v) is 7.83. The van der Waals surface area contributed by atoms with Crippen LogP contribution in [0.25, 0.3) is 0 Å². The van der Waals surface area contributed by atoms with Crippen LogP contribution in [0.5, 0.6) is 0 Å². The number of anilines is 1. The molecule has 9 heteroatoms. The first-order valence-electron chi connectivity index (χ1n) is 10.8. The lowest BCUT2D eigenvalue weighted by Crippen LogP contribution is -2.47. The summed E-state index contributed by atoms with van der Waals surface area (Å²) in [5.41, 5.74) is 1.95. The highest BCUT2D eigenvalue weighted by Crippen LogP contribution is 2.12. The molecule has 2 rings (SSSR count). The molecule has 174 valence electrons. The molecule has 0 saturated heterocycles. The molecule has 3 N–H and O–H groups in total. The Balaban J connectivity index is 1.82. The third kappa shape index (κ3) is 9.39. The van der Waals surface area contributed by atoms with Crippen molar-refractivity contribution in [2.75, 3.05) is 18.5 Å². The highest BCUT2D eigenvalue weighted by Gasteiger charge is 2.22. The second-order valence-electron chi connectivity index (χ2n) is 7.83. The van der Waals surface area contributed by atoms with Crippen molar-refractivity contribution in [2.45, 2.75) is 39.2 Å². The number of ether oxygens (including phenoxy) is 1. The molecule has 33 heavy (non-hydrogen) atoms. The quantitative estimate of drug-likeness (QED) is 0.355. The summed E-state index contributed by atoms with van der Waals surface area (Å²) in [6, 6.07) is 11.2. The van der Waals surface area contributed by atoms with Crippen LogP contribution in [0.4, 0.5) is 10.5 Å². The van der Waals surface area contributed by atoms with Gasteiger partial charge in [0.2, 0.25) is 5.91 Å². The van der Waals surface area contributed by atoms with Gasteiger partial charge in [-0.1, -0.05) is 13.8 Å². The van der Waals surface area contributed by atoms with Crippen molar-refractivity contribution in [3.05, 3.63) is 59.9 Å². The van der Waals surface area contributed by atoms with E-state index in [-0.39, 0.29) is 19.1 Å². The average molecular weight is 452 g/mol. The number of nitrogens with one attached hydrogen (secondary N) is 3. The molecule has 1 aromatic heterocycles. The summed E-state index contributed by atoms with van der Waals surface area (Å²) in [6.45, 7) is 4.04. The molecule has 2 aromatic rings. The van der Waals surface area contributed by atoms with Crippen molar-refractivity contribution in [2.24, 2.45) is 5.92 Å². The highest BCUT2D eigenvalue weighted by molar-refractivity contribution is 5.98. The summed E-state index contributed by atoms with van der Waals surface area (Å²) in [4.78, 5) is 40.7. The lowest BCUT2D eigenvalue weighted by molar-refractivity contribution is -0.123. The number of aromatic nitrogens is 1. The van der Waals surface area contributed by atoms with E-state index >= 15 is 0 Å². The summed E-state index contributed by atoms with van der Waals surface area (Å²) in [7, 11) is 0. The van der Waals surface area contributed by atoms with Crippen molar-refractivity contribution in [3.8, 4) is 6.07 Å². The Morgan fingerprint density at radius 2 is 1.79 bits per heavy atom. The average Bonchev–Trinajstić information content (AvgIpc) is 2.80. The van der Waals surface area contributed by atoms with Gasteiger partial charge in [-0.25, -0.2) is 4.79 Å². The summed E-state index contributed by atoms with van der Waals surface area (Å²) < 4.78 is 5.18. The van der Waals surface area contributed by atoms with Gasteiger partial charge in [-0.3, -0.25) is 19.9 Å². The van der Waals surface area contributed by atoms with Gasteiger partial charge in [0, 0.05) is 23.6 Å². The Kier molecular flexibility index (Phi) is 10.3. The largest absolute Gasteiger partial charge is 0.449 e. The molecule has 0 bridgehead atoms. The van der Waals surface area contributed by atoms with Gasteiger partial charge in [0.1, 0.15) is 12.6 Å². The molecule has 1 atom stereocenters. The first kappa shape index (κ1) is 25.3. The summed E-state index contributed by atoms with van der Waals surface area (Å²) in [6.07, 6.45) is 4.78. The third-order valence-electron chi connectivity index (χ3n) is 4.66. The van der Waals surface area contributed by atoms with E-state index in [9.17, 15) is 14.4 Å². The first-order valence-corrected chi connectivity index (χ1v) is 10.8. The van der Waals surface area contributed by atoms with Crippen molar-refractivity contribution in [3.63, 3.8) is 0 Å².